The highest BCUT2D eigenvalue weighted by Gasteiger charge is 2.62. The second-order valence-corrected chi connectivity index (χ2v) is 14.0. The van der Waals surface area contributed by atoms with Crippen LogP contribution in [0.25, 0.3) is 0 Å². The topological polar surface area (TPSA) is 37.6 Å². The summed E-state index contributed by atoms with van der Waals surface area (Å²) < 4.78 is 16.4. The fourth-order valence-electron chi connectivity index (χ4n) is 7.26. The normalized spacial score (nSPS) is 50.1. The van der Waals surface area contributed by atoms with E-state index in [4.69, 9.17) is 14.2 Å². The zero-order chi connectivity index (χ0) is 18.7. The van der Waals surface area contributed by atoms with Crippen LogP contribution in [0.2, 0.25) is 0 Å². The number of thioether (sulfide) groups is 3. The minimum atomic E-state index is 0.574. The number of ether oxygens (including phenoxy) is 3. The second-order valence-electron chi connectivity index (χ2n) is 10.9. The first-order chi connectivity index (χ1) is 13.6. The van der Waals surface area contributed by atoms with Gasteiger partial charge in [-0.15, -0.1) is 0 Å². The van der Waals surface area contributed by atoms with Gasteiger partial charge in [-0.05, 0) is 77.9 Å². The third-order valence-electron chi connectivity index (χ3n) is 7.76. The molecule has 7 aliphatic rings. The molecule has 28 heavy (non-hydrogen) atoms. The molecule has 0 amide bonds. The molecular weight excluding hydrogens is 408 g/mol. The molecule has 0 spiro atoms. The Hall–Kier alpha value is 0.930. The molecule has 3 saturated heterocycles. The van der Waals surface area contributed by atoms with E-state index >= 15 is 0 Å². The van der Waals surface area contributed by atoms with Gasteiger partial charge in [0.1, 0.15) is 0 Å². The summed E-state index contributed by atoms with van der Waals surface area (Å²) in [6.07, 6.45) is 10.8. The minimum Gasteiger partial charge on any atom is -0.372 e. The molecule has 158 valence electrons. The molecule has 3 unspecified atom stereocenters. The summed E-state index contributed by atoms with van der Waals surface area (Å²) in [5.74, 6) is 8.85. The molecule has 6 heteroatoms. The van der Waals surface area contributed by atoms with Crippen molar-refractivity contribution in [2.24, 2.45) is 22.2 Å². The van der Waals surface area contributed by atoms with Gasteiger partial charge in [-0.2, -0.15) is 35.3 Å². The first-order valence-electron chi connectivity index (χ1n) is 11.2. The van der Waals surface area contributed by atoms with E-state index < -0.39 is 0 Å². The summed E-state index contributed by atoms with van der Waals surface area (Å²) in [6.45, 7) is 3.03. The Balaban J connectivity index is 1.15. The number of rotatable bonds is 12. The van der Waals surface area contributed by atoms with E-state index in [0.29, 0.717) is 34.6 Å². The smallest absolute Gasteiger partial charge is 0.0900 e. The lowest BCUT2D eigenvalue weighted by Crippen LogP contribution is -2.59. The maximum atomic E-state index is 5.48. The average Bonchev–Trinajstić information content (AvgIpc) is 3.48. The Morgan fingerprint density at radius 1 is 0.571 bits per heavy atom. The van der Waals surface area contributed by atoms with Crippen molar-refractivity contribution in [1.29, 1.82) is 0 Å². The van der Waals surface area contributed by atoms with Gasteiger partial charge in [-0.25, -0.2) is 0 Å². The van der Waals surface area contributed by atoms with Gasteiger partial charge < -0.3 is 14.2 Å². The molecule has 0 aromatic carbocycles. The van der Waals surface area contributed by atoms with E-state index in [-0.39, 0.29) is 0 Å². The van der Waals surface area contributed by atoms with Crippen molar-refractivity contribution in [3.63, 3.8) is 0 Å². The maximum absolute atomic E-state index is 5.48. The molecule has 3 atom stereocenters. The molecule has 4 saturated carbocycles. The molecule has 3 heterocycles. The standard InChI is InChI=1S/C22H34O3S3/c1-16-2-21(14-27-8-18-5-24-18)10-20(1,13-26-7-17-4-23-17)11-22(3-16,12-21)15-28-9-19-6-25-19/h16-19H,1-15H2. The molecule has 7 fully saturated rings. The van der Waals surface area contributed by atoms with Crippen LogP contribution in [0, 0.1) is 22.2 Å². The first kappa shape index (κ1) is 19.6. The van der Waals surface area contributed by atoms with E-state index in [2.05, 4.69) is 35.3 Å². The Morgan fingerprint density at radius 2 is 0.893 bits per heavy atom. The third kappa shape index (κ3) is 4.43. The Labute approximate surface area is 182 Å². The molecule has 7 rings (SSSR count). The monoisotopic (exact) mass is 442 g/mol. The Bertz CT molecular complexity index is 501. The summed E-state index contributed by atoms with van der Waals surface area (Å²) in [6, 6.07) is 0. The number of epoxide rings is 3. The highest BCUT2D eigenvalue weighted by atomic mass is 32.2. The van der Waals surface area contributed by atoms with Crippen LogP contribution in [0.3, 0.4) is 0 Å². The highest BCUT2D eigenvalue weighted by molar-refractivity contribution is 7.99. The molecule has 3 nitrogen and oxygen atoms in total. The van der Waals surface area contributed by atoms with Crippen LogP contribution in [0.15, 0.2) is 0 Å². The van der Waals surface area contributed by atoms with Crippen LogP contribution in [0.5, 0.6) is 0 Å². The number of hydrogen-bond donors (Lipinski definition) is 0. The van der Waals surface area contributed by atoms with Crippen molar-refractivity contribution in [2.75, 3.05) is 54.3 Å². The largest absolute Gasteiger partial charge is 0.372 e. The van der Waals surface area contributed by atoms with Crippen molar-refractivity contribution in [1.82, 2.24) is 0 Å². The van der Waals surface area contributed by atoms with E-state index in [1.165, 1.54) is 73.0 Å². The van der Waals surface area contributed by atoms with Gasteiger partial charge in [0.25, 0.3) is 0 Å². The molecule has 3 aliphatic heterocycles. The van der Waals surface area contributed by atoms with Crippen molar-refractivity contribution >= 4 is 35.3 Å². The van der Waals surface area contributed by atoms with Gasteiger partial charge in [0.15, 0.2) is 0 Å². The van der Waals surface area contributed by atoms with Gasteiger partial charge in [0.2, 0.25) is 0 Å². The molecular formula is C22H34O3S3. The predicted molar refractivity (Wildman–Crippen MR) is 120 cm³/mol. The van der Waals surface area contributed by atoms with E-state index in [1.807, 2.05) is 0 Å². The molecule has 0 aromatic heterocycles. The lowest BCUT2D eigenvalue weighted by Gasteiger charge is -2.67. The lowest BCUT2D eigenvalue weighted by molar-refractivity contribution is -0.130. The SMILES string of the molecule is C1OC1CSCC12CC3CC(CSCC4CO4)(C1)CC(CSCC1CO1)(C3)C2. The second kappa shape index (κ2) is 7.51. The first-order valence-corrected chi connectivity index (χ1v) is 14.7. The highest BCUT2D eigenvalue weighted by Crippen LogP contribution is 2.71. The quantitative estimate of drug-likeness (QED) is 0.419. The predicted octanol–water partition coefficient (Wildman–Crippen LogP) is 4.34. The van der Waals surface area contributed by atoms with E-state index in [0.717, 1.165) is 25.7 Å². The average molecular weight is 443 g/mol. The maximum Gasteiger partial charge on any atom is 0.0900 e. The summed E-state index contributed by atoms with van der Waals surface area (Å²) in [4.78, 5) is 0. The van der Waals surface area contributed by atoms with Gasteiger partial charge >= 0.3 is 0 Å². The van der Waals surface area contributed by atoms with Crippen molar-refractivity contribution in [3.8, 4) is 0 Å². The fraction of sp³-hybridized carbons (Fsp3) is 1.00. The molecule has 0 radical (unpaired) electrons. The van der Waals surface area contributed by atoms with Crippen LogP contribution >= 0.6 is 35.3 Å². The van der Waals surface area contributed by atoms with Crippen LogP contribution in [-0.2, 0) is 14.2 Å². The van der Waals surface area contributed by atoms with E-state index in [9.17, 15) is 0 Å². The molecule has 0 N–H and O–H groups in total. The number of hydrogen-bond acceptors (Lipinski definition) is 6. The van der Waals surface area contributed by atoms with Crippen LogP contribution in [0.1, 0.15) is 38.5 Å². The summed E-state index contributed by atoms with van der Waals surface area (Å²) in [5, 5.41) is 0. The minimum absolute atomic E-state index is 0.574. The van der Waals surface area contributed by atoms with Crippen molar-refractivity contribution < 1.29 is 14.2 Å². The molecule has 4 aliphatic carbocycles. The van der Waals surface area contributed by atoms with Gasteiger partial charge in [-0.3, -0.25) is 0 Å². The molecule has 4 bridgehead atoms. The van der Waals surface area contributed by atoms with Crippen molar-refractivity contribution in [2.45, 2.75) is 56.8 Å². The van der Waals surface area contributed by atoms with Crippen molar-refractivity contribution in [3.05, 3.63) is 0 Å². The Morgan fingerprint density at radius 3 is 1.18 bits per heavy atom. The van der Waals surface area contributed by atoms with Gasteiger partial charge in [0, 0.05) is 17.3 Å². The summed E-state index contributed by atoms with van der Waals surface area (Å²) >= 11 is 6.63. The zero-order valence-electron chi connectivity index (χ0n) is 16.9. The van der Waals surface area contributed by atoms with E-state index in [1.54, 1.807) is 0 Å². The van der Waals surface area contributed by atoms with Crippen LogP contribution in [0.4, 0.5) is 0 Å². The van der Waals surface area contributed by atoms with Gasteiger partial charge in [0.05, 0.1) is 38.1 Å². The van der Waals surface area contributed by atoms with Crippen LogP contribution in [-0.4, -0.2) is 72.6 Å². The lowest BCUT2D eigenvalue weighted by atomic mass is 9.40. The van der Waals surface area contributed by atoms with Crippen LogP contribution < -0.4 is 0 Å². The summed E-state index contributed by atoms with van der Waals surface area (Å²) in [5.41, 5.74) is 1.85. The third-order valence-corrected chi connectivity index (χ3v) is 12.0. The fourth-order valence-corrected chi connectivity index (χ4v) is 11.2. The molecule has 0 aromatic rings. The zero-order valence-corrected chi connectivity index (χ0v) is 19.3. The van der Waals surface area contributed by atoms with Gasteiger partial charge in [-0.1, -0.05) is 0 Å². The Kier molecular flexibility index (Phi) is 5.26. The summed E-state index contributed by atoms with van der Waals surface area (Å²) in [7, 11) is 0.